The first kappa shape index (κ1) is 20.1. The fourth-order valence-corrected chi connectivity index (χ4v) is 3.19. The third-order valence-corrected chi connectivity index (χ3v) is 5.33. The summed E-state index contributed by atoms with van der Waals surface area (Å²) in [6, 6.07) is 9.90. The van der Waals surface area contributed by atoms with Gasteiger partial charge in [0.2, 0.25) is 0 Å². The normalized spacial score (nSPS) is 15.9. The van der Waals surface area contributed by atoms with Gasteiger partial charge in [-0.3, -0.25) is 0 Å². The summed E-state index contributed by atoms with van der Waals surface area (Å²) in [4.78, 5) is 23.2. The number of rotatable bonds is 5. The van der Waals surface area contributed by atoms with Gasteiger partial charge in [0.25, 0.3) is 0 Å². The molecule has 0 radical (unpaired) electrons. The van der Waals surface area contributed by atoms with Crippen LogP contribution in [0.3, 0.4) is 0 Å². The Hall–Kier alpha value is -2.67. The Morgan fingerprint density at radius 1 is 1.18 bits per heavy atom. The number of urea groups is 1. The van der Waals surface area contributed by atoms with E-state index in [4.69, 9.17) is 0 Å². The molecule has 28 heavy (non-hydrogen) atoms. The Morgan fingerprint density at radius 3 is 2.46 bits per heavy atom. The number of amides is 2. The largest absolute Gasteiger partial charge is 0.354 e. The summed E-state index contributed by atoms with van der Waals surface area (Å²) in [6.07, 6.45) is 1.82. The molecule has 0 spiro atoms. The lowest BCUT2D eigenvalue weighted by Gasteiger charge is -2.33. The molecule has 1 N–H and O–H groups in total. The third-order valence-electron chi connectivity index (χ3n) is 5.33. The molecule has 0 saturated carbocycles. The van der Waals surface area contributed by atoms with Crippen molar-refractivity contribution in [2.24, 2.45) is 0 Å². The van der Waals surface area contributed by atoms with E-state index in [0.717, 1.165) is 43.1 Å². The summed E-state index contributed by atoms with van der Waals surface area (Å²) in [7, 11) is 3.86. The number of carbonyl (C=O) groups is 1. The van der Waals surface area contributed by atoms with E-state index in [1.54, 1.807) is 24.1 Å². The van der Waals surface area contributed by atoms with Crippen molar-refractivity contribution in [3.05, 3.63) is 59.5 Å². The van der Waals surface area contributed by atoms with Gasteiger partial charge in [-0.15, -0.1) is 0 Å². The van der Waals surface area contributed by atoms with Crippen LogP contribution in [0.25, 0.3) is 0 Å². The topological polar surface area (TPSA) is 51.7 Å². The first-order valence-electron chi connectivity index (χ1n) is 9.58. The van der Waals surface area contributed by atoms with E-state index in [-0.39, 0.29) is 17.9 Å². The van der Waals surface area contributed by atoms with E-state index in [9.17, 15) is 9.18 Å². The highest BCUT2D eigenvalue weighted by Crippen LogP contribution is 2.19. The number of hydrogen-bond donors (Lipinski definition) is 1. The van der Waals surface area contributed by atoms with Crippen LogP contribution in [-0.2, 0) is 6.54 Å². The molecule has 2 aromatic rings. The molecule has 1 aromatic carbocycles. The van der Waals surface area contributed by atoms with Crippen LogP contribution in [0.2, 0.25) is 0 Å². The average Bonchev–Trinajstić information content (AvgIpc) is 2.72. The summed E-state index contributed by atoms with van der Waals surface area (Å²) in [5.74, 6) is 0.695. The number of pyridine rings is 1. The minimum atomic E-state index is -0.282. The van der Waals surface area contributed by atoms with Gasteiger partial charge in [0.15, 0.2) is 0 Å². The molecule has 3 rings (SSSR count). The van der Waals surface area contributed by atoms with E-state index in [0.29, 0.717) is 6.54 Å². The highest BCUT2D eigenvalue weighted by molar-refractivity contribution is 5.74. The molecule has 0 bridgehead atoms. The van der Waals surface area contributed by atoms with Gasteiger partial charge >= 0.3 is 6.03 Å². The predicted octanol–water partition coefficient (Wildman–Crippen LogP) is 2.88. The van der Waals surface area contributed by atoms with Crippen molar-refractivity contribution in [2.45, 2.75) is 19.5 Å². The molecule has 150 valence electrons. The number of carbonyl (C=O) groups excluding carboxylic acids is 1. The van der Waals surface area contributed by atoms with Crippen LogP contribution in [0, 0.1) is 5.82 Å². The Labute approximate surface area is 166 Å². The fraction of sp³-hybridized carbons (Fsp3) is 0.429. The zero-order valence-electron chi connectivity index (χ0n) is 16.7. The van der Waals surface area contributed by atoms with Gasteiger partial charge in [-0.1, -0.05) is 18.2 Å². The van der Waals surface area contributed by atoms with Crippen molar-refractivity contribution in [1.82, 2.24) is 20.1 Å². The molecule has 2 heterocycles. The number of piperazine rings is 1. The number of benzene rings is 1. The second-order valence-corrected chi connectivity index (χ2v) is 7.31. The van der Waals surface area contributed by atoms with Crippen molar-refractivity contribution in [2.75, 3.05) is 45.2 Å². The maximum absolute atomic E-state index is 13.1. The lowest BCUT2D eigenvalue weighted by Crippen LogP contribution is -2.44. The molecule has 1 aliphatic rings. The molecule has 1 fully saturated rings. The van der Waals surface area contributed by atoms with Gasteiger partial charge in [0, 0.05) is 46.0 Å². The average molecular weight is 385 g/mol. The van der Waals surface area contributed by atoms with Gasteiger partial charge in [0.05, 0.1) is 6.04 Å². The van der Waals surface area contributed by atoms with E-state index in [1.165, 1.54) is 12.1 Å². The van der Waals surface area contributed by atoms with Crippen molar-refractivity contribution >= 4 is 11.8 Å². The standard InChI is InChI=1S/C21H28FN5O/c1-16(18-5-7-19(22)8-6-18)26(3)21(28)24-15-17-4-9-20(23-14-17)27-12-10-25(2)11-13-27/h4-9,14,16H,10-13,15H2,1-3H3,(H,24,28). The van der Waals surface area contributed by atoms with Gasteiger partial charge < -0.3 is 20.0 Å². The van der Waals surface area contributed by atoms with E-state index < -0.39 is 0 Å². The van der Waals surface area contributed by atoms with Crippen LogP contribution in [0.1, 0.15) is 24.1 Å². The Morgan fingerprint density at radius 2 is 1.86 bits per heavy atom. The summed E-state index contributed by atoms with van der Waals surface area (Å²) < 4.78 is 13.1. The maximum Gasteiger partial charge on any atom is 0.317 e. The minimum Gasteiger partial charge on any atom is -0.354 e. The Kier molecular flexibility index (Phi) is 6.46. The molecular formula is C21H28FN5O. The van der Waals surface area contributed by atoms with Crippen LogP contribution in [-0.4, -0.2) is 61.1 Å². The smallest absolute Gasteiger partial charge is 0.317 e. The molecule has 6 nitrogen and oxygen atoms in total. The van der Waals surface area contributed by atoms with Gasteiger partial charge in [-0.2, -0.15) is 0 Å². The molecule has 1 aromatic heterocycles. The molecule has 7 heteroatoms. The SMILES string of the molecule is CC(c1ccc(F)cc1)N(C)C(=O)NCc1ccc(N2CCN(C)CC2)nc1. The lowest BCUT2D eigenvalue weighted by atomic mass is 10.1. The van der Waals surface area contributed by atoms with E-state index in [2.05, 4.69) is 27.1 Å². The van der Waals surface area contributed by atoms with Crippen molar-refractivity contribution < 1.29 is 9.18 Å². The molecule has 1 unspecified atom stereocenters. The summed E-state index contributed by atoms with van der Waals surface area (Å²) in [5, 5.41) is 2.92. The molecule has 1 atom stereocenters. The molecular weight excluding hydrogens is 357 g/mol. The second kappa shape index (κ2) is 9.01. The zero-order chi connectivity index (χ0) is 20.1. The second-order valence-electron chi connectivity index (χ2n) is 7.31. The van der Waals surface area contributed by atoms with E-state index in [1.807, 2.05) is 25.3 Å². The van der Waals surface area contributed by atoms with Gasteiger partial charge in [0.1, 0.15) is 11.6 Å². The van der Waals surface area contributed by atoms with Crippen molar-refractivity contribution in [3.8, 4) is 0 Å². The van der Waals surface area contributed by atoms with Crippen LogP contribution in [0.15, 0.2) is 42.6 Å². The van der Waals surface area contributed by atoms with E-state index >= 15 is 0 Å². The van der Waals surface area contributed by atoms with Crippen LogP contribution < -0.4 is 10.2 Å². The molecule has 1 saturated heterocycles. The number of hydrogen-bond acceptors (Lipinski definition) is 4. The summed E-state index contributed by atoms with van der Waals surface area (Å²) in [5.41, 5.74) is 1.84. The van der Waals surface area contributed by atoms with Crippen molar-refractivity contribution in [3.63, 3.8) is 0 Å². The number of nitrogens with zero attached hydrogens (tertiary/aromatic N) is 4. The lowest BCUT2D eigenvalue weighted by molar-refractivity contribution is 0.194. The number of halogens is 1. The van der Waals surface area contributed by atoms with Crippen LogP contribution in [0.4, 0.5) is 15.0 Å². The third kappa shape index (κ3) is 4.98. The fourth-order valence-electron chi connectivity index (χ4n) is 3.19. The van der Waals surface area contributed by atoms with Gasteiger partial charge in [-0.25, -0.2) is 14.2 Å². The minimum absolute atomic E-state index is 0.154. The first-order chi connectivity index (χ1) is 13.4. The predicted molar refractivity (Wildman–Crippen MR) is 109 cm³/mol. The molecule has 2 amide bonds. The number of likely N-dealkylation sites (N-methyl/N-ethyl adjacent to an activating group) is 1. The first-order valence-corrected chi connectivity index (χ1v) is 9.58. The number of anilines is 1. The Balaban J connectivity index is 1.51. The number of nitrogens with one attached hydrogen (secondary N) is 1. The van der Waals surface area contributed by atoms with Crippen LogP contribution in [0.5, 0.6) is 0 Å². The zero-order valence-corrected chi connectivity index (χ0v) is 16.7. The molecule has 1 aliphatic heterocycles. The highest BCUT2D eigenvalue weighted by Gasteiger charge is 2.18. The van der Waals surface area contributed by atoms with Crippen molar-refractivity contribution in [1.29, 1.82) is 0 Å². The highest BCUT2D eigenvalue weighted by atomic mass is 19.1. The quantitative estimate of drug-likeness (QED) is 0.860. The molecule has 0 aliphatic carbocycles. The summed E-state index contributed by atoms with van der Waals surface area (Å²) >= 11 is 0. The maximum atomic E-state index is 13.1. The summed E-state index contributed by atoms with van der Waals surface area (Å²) in [6.45, 7) is 6.36. The monoisotopic (exact) mass is 385 g/mol. The van der Waals surface area contributed by atoms with Crippen LogP contribution >= 0.6 is 0 Å². The van der Waals surface area contributed by atoms with Gasteiger partial charge in [-0.05, 0) is 43.3 Å². The number of aromatic nitrogens is 1. The Bertz CT molecular complexity index is 772.